The largest absolute Gasteiger partial charge is 0.497 e. The number of rotatable bonds is 5. The van der Waals surface area contributed by atoms with Crippen LogP contribution in [-0.2, 0) is 10.0 Å². The number of anilines is 1. The summed E-state index contributed by atoms with van der Waals surface area (Å²) in [6.45, 7) is 1.90. The van der Waals surface area contributed by atoms with Crippen LogP contribution < -0.4 is 9.04 Å². The van der Waals surface area contributed by atoms with E-state index in [1.807, 2.05) is 6.92 Å². The zero-order valence-corrected chi connectivity index (χ0v) is 15.8. The summed E-state index contributed by atoms with van der Waals surface area (Å²) in [5.74, 6) is -0.0531. The van der Waals surface area contributed by atoms with E-state index in [0.717, 1.165) is 9.87 Å². The number of methoxy groups -OCH3 is 1. The van der Waals surface area contributed by atoms with Crippen LogP contribution in [0.2, 0.25) is 0 Å². The molecule has 0 saturated carbocycles. The number of ether oxygens (including phenoxy) is 1. The Hall–Kier alpha value is -3.12. The van der Waals surface area contributed by atoms with Gasteiger partial charge in [-0.3, -0.25) is 4.79 Å². The monoisotopic (exact) mass is 381 g/mol. The van der Waals surface area contributed by atoms with Crippen molar-refractivity contribution in [1.82, 2.24) is 0 Å². The molecule has 0 aliphatic carbocycles. The molecular formula is C21H19NO4S. The molecule has 0 atom stereocenters. The van der Waals surface area contributed by atoms with Crippen molar-refractivity contribution >= 4 is 21.6 Å². The molecule has 0 N–H and O–H groups in total. The quantitative estimate of drug-likeness (QED) is 0.669. The minimum atomic E-state index is -4.09. The first-order valence-electron chi connectivity index (χ1n) is 8.29. The third kappa shape index (κ3) is 3.85. The molecule has 6 heteroatoms. The smallest absolute Gasteiger partial charge is 0.272 e. The van der Waals surface area contributed by atoms with E-state index in [1.54, 1.807) is 66.7 Å². The molecule has 0 heterocycles. The van der Waals surface area contributed by atoms with Crippen molar-refractivity contribution in [2.75, 3.05) is 11.4 Å². The predicted octanol–water partition coefficient (Wildman–Crippen LogP) is 4.04. The molecule has 0 aliphatic heterocycles. The van der Waals surface area contributed by atoms with Crippen LogP contribution in [0.3, 0.4) is 0 Å². The average molecular weight is 381 g/mol. The highest BCUT2D eigenvalue weighted by atomic mass is 32.2. The predicted molar refractivity (Wildman–Crippen MR) is 105 cm³/mol. The van der Waals surface area contributed by atoms with Gasteiger partial charge in [0.25, 0.3) is 15.9 Å². The second-order valence-corrected chi connectivity index (χ2v) is 7.74. The van der Waals surface area contributed by atoms with Gasteiger partial charge < -0.3 is 4.74 Å². The highest BCUT2D eigenvalue weighted by Crippen LogP contribution is 2.27. The van der Waals surface area contributed by atoms with Gasteiger partial charge in [-0.15, -0.1) is 0 Å². The Morgan fingerprint density at radius 2 is 1.44 bits per heavy atom. The molecule has 0 aliphatic rings. The van der Waals surface area contributed by atoms with Crippen LogP contribution in [0.4, 0.5) is 5.69 Å². The molecule has 5 nitrogen and oxygen atoms in total. The van der Waals surface area contributed by atoms with Crippen molar-refractivity contribution < 1.29 is 17.9 Å². The summed E-state index contributed by atoms with van der Waals surface area (Å²) < 4.78 is 32.4. The Kier molecular flexibility index (Phi) is 5.28. The molecule has 3 aromatic rings. The Morgan fingerprint density at radius 3 is 2.00 bits per heavy atom. The van der Waals surface area contributed by atoms with Crippen LogP contribution >= 0.6 is 0 Å². The number of carbonyl (C=O) groups is 1. The van der Waals surface area contributed by atoms with E-state index in [2.05, 4.69) is 0 Å². The van der Waals surface area contributed by atoms with Crippen LogP contribution in [0.25, 0.3) is 0 Å². The molecule has 0 fully saturated rings. The first kappa shape index (κ1) is 18.7. The number of carbonyl (C=O) groups excluding carboxylic acids is 1. The minimum absolute atomic E-state index is 0.0429. The Balaban J connectivity index is 2.13. The fourth-order valence-corrected chi connectivity index (χ4v) is 4.03. The summed E-state index contributed by atoms with van der Waals surface area (Å²) in [6.07, 6.45) is 0. The number of hydrogen-bond donors (Lipinski definition) is 0. The molecule has 138 valence electrons. The summed E-state index contributed by atoms with van der Waals surface area (Å²) in [7, 11) is -2.57. The van der Waals surface area contributed by atoms with Gasteiger partial charge >= 0.3 is 0 Å². The molecule has 0 spiro atoms. The van der Waals surface area contributed by atoms with E-state index in [0.29, 0.717) is 5.75 Å². The maximum Gasteiger partial charge on any atom is 0.272 e. The van der Waals surface area contributed by atoms with E-state index in [1.165, 1.54) is 19.2 Å². The molecule has 1 amide bonds. The lowest BCUT2D eigenvalue weighted by Crippen LogP contribution is -2.37. The van der Waals surface area contributed by atoms with Crippen molar-refractivity contribution in [2.45, 2.75) is 11.8 Å². The molecule has 0 saturated heterocycles. The Labute approximate surface area is 158 Å². The van der Waals surface area contributed by atoms with Gasteiger partial charge in [-0.05, 0) is 55.5 Å². The first-order valence-corrected chi connectivity index (χ1v) is 9.73. The van der Waals surface area contributed by atoms with E-state index in [4.69, 9.17) is 4.74 Å². The second kappa shape index (κ2) is 7.63. The van der Waals surface area contributed by atoms with E-state index in [-0.39, 0.29) is 16.1 Å². The molecule has 0 radical (unpaired) electrons. The van der Waals surface area contributed by atoms with Crippen LogP contribution in [0.15, 0.2) is 83.8 Å². The summed E-state index contributed by atoms with van der Waals surface area (Å²) in [4.78, 5) is 13.2. The lowest BCUT2D eigenvalue weighted by molar-refractivity contribution is 0.101. The third-order valence-electron chi connectivity index (χ3n) is 4.07. The lowest BCUT2D eigenvalue weighted by Gasteiger charge is -2.23. The molecule has 27 heavy (non-hydrogen) atoms. The van der Waals surface area contributed by atoms with Crippen LogP contribution in [0.1, 0.15) is 15.9 Å². The summed E-state index contributed by atoms with van der Waals surface area (Å²) in [6, 6.07) is 21.0. The highest BCUT2D eigenvalue weighted by molar-refractivity contribution is 7.93. The van der Waals surface area contributed by atoms with Gasteiger partial charge in [-0.1, -0.05) is 35.9 Å². The number of aryl methyl sites for hydroxylation is 1. The molecular weight excluding hydrogens is 362 g/mol. The van der Waals surface area contributed by atoms with Crippen molar-refractivity contribution in [2.24, 2.45) is 0 Å². The molecule has 0 aromatic heterocycles. The lowest BCUT2D eigenvalue weighted by atomic mass is 10.1. The van der Waals surface area contributed by atoms with Crippen molar-refractivity contribution in [1.29, 1.82) is 0 Å². The van der Waals surface area contributed by atoms with E-state index >= 15 is 0 Å². The number of amides is 1. The zero-order valence-electron chi connectivity index (χ0n) is 15.0. The molecule has 0 bridgehead atoms. The van der Waals surface area contributed by atoms with Crippen LogP contribution in [0.5, 0.6) is 5.75 Å². The van der Waals surface area contributed by atoms with Crippen LogP contribution in [-0.4, -0.2) is 21.4 Å². The van der Waals surface area contributed by atoms with Gasteiger partial charge in [-0.2, -0.15) is 4.31 Å². The van der Waals surface area contributed by atoms with Gasteiger partial charge in [0.1, 0.15) is 5.75 Å². The van der Waals surface area contributed by atoms with Gasteiger partial charge in [0, 0.05) is 5.56 Å². The summed E-state index contributed by atoms with van der Waals surface area (Å²) in [5.41, 5.74) is 1.51. The van der Waals surface area contributed by atoms with Crippen molar-refractivity contribution in [3.63, 3.8) is 0 Å². The maximum absolute atomic E-state index is 13.2. The standard InChI is InChI=1S/C21H19NO4S/c1-16-8-10-17(11-9-16)21(23)22(18-12-14-19(26-2)15-13-18)27(24,25)20-6-4-3-5-7-20/h3-15H,1-2H3. The van der Waals surface area contributed by atoms with Gasteiger partial charge in [-0.25, -0.2) is 8.42 Å². The molecule has 3 rings (SSSR count). The van der Waals surface area contributed by atoms with Gasteiger partial charge in [0.15, 0.2) is 0 Å². The maximum atomic E-state index is 13.2. The fourth-order valence-electron chi connectivity index (χ4n) is 2.59. The number of hydrogen-bond acceptors (Lipinski definition) is 4. The zero-order chi connectivity index (χ0) is 19.4. The Bertz CT molecular complexity index is 1030. The first-order chi connectivity index (χ1) is 12.9. The normalized spacial score (nSPS) is 11.0. The molecule has 3 aromatic carbocycles. The number of sulfonamides is 1. The van der Waals surface area contributed by atoms with E-state index in [9.17, 15) is 13.2 Å². The van der Waals surface area contributed by atoms with Crippen molar-refractivity contribution in [3.05, 3.63) is 90.0 Å². The SMILES string of the molecule is COc1ccc(N(C(=O)c2ccc(C)cc2)S(=O)(=O)c2ccccc2)cc1. The molecule has 0 unspecified atom stereocenters. The van der Waals surface area contributed by atoms with E-state index < -0.39 is 15.9 Å². The number of nitrogens with zero attached hydrogens (tertiary/aromatic N) is 1. The average Bonchev–Trinajstić information content (AvgIpc) is 2.69. The summed E-state index contributed by atoms with van der Waals surface area (Å²) >= 11 is 0. The second-order valence-electron chi connectivity index (χ2n) is 5.95. The van der Waals surface area contributed by atoms with Gasteiger partial charge in [0.05, 0.1) is 17.7 Å². The Morgan fingerprint density at radius 1 is 0.852 bits per heavy atom. The van der Waals surface area contributed by atoms with Crippen molar-refractivity contribution in [3.8, 4) is 5.75 Å². The highest BCUT2D eigenvalue weighted by Gasteiger charge is 2.31. The number of benzene rings is 3. The topological polar surface area (TPSA) is 63.7 Å². The fraction of sp³-hybridized carbons (Fsp3) is 0.0952. The van der Waals surface area contributed by atoms with Crippen LogP contribution in [0, 0.1) is 6.92 Å². The van der Waals surface area contributed by atoms with Gasteiger partial charge in [0.2, 0.25) is 0 Å². The summed E-state index contributed by atoms with van der Waals surface area (Å²) in [5, 5.41) is 0. The third-order valence-corrected chi connectivity index (χ3v) is 5.80. The minimum Gasteiger partial charge on any atom is -0.497 e.